The maximum atomic E-state index is 12.5. The predicted molar refractivity (Wildman–Crippen MR) is 102 cm³/mol. The number of amides is 3. The molecule has 150 valence electrons. The van der Waals surface area contributed by atoms with Gasteiger partial charge in [0.2, 0.25) is 5.91 Å². The van der Waals surface area contributed by atoms with Crippen molar-refractivity contribution in [3.8, 4) is 0 Å². The first-order valence-electron chi connectivity index (χ1n) is 9.20. The average Bonchev–Trinajstić information content (AvgIpc) is 3.35. The van der Waals surface area contributed by atoms with Crippen LogP contribution in [-0.4, -0.2) is 56.1 Å². The molecular formula is C18H25N7O3. The molecule has 0 bridgehead atoms. The number of hydrogen-bond acceptors (Lipinski definition) is 6. The van der Waals surface area contributed by atoms with Gasteiger partial charge in [0.1, 0.15) is 5.69 Å². The molecule has 3 amide bonds. The Hall–Kier alpha value is -3.14. The van der Waals surface area contributed by atoms with Gasteiger partial charge in [-0.2, -0.15) is 0 Å². The number of rotatable bonds is 7. The lowest BCUT2D eigenvalue weighted by molar-refractivity contribution is -0.131. The first-order valence-corrected chi connectivity index (χ1v) is 9.20. The lowest BCUT2D eigenvalue weighted by atomic mass is 10.2. The smallest absolute Gasteiger partial charge is 0.315 e. The SMILES string of the molecule is Nc1ccc(CNC(=O)NCC(=O)N2CCCC2Cn2cc(CO)nn2)cc1. The van der Waals surface area contributed by atoms with E-state index in [1.165, 1.54) is 0 Å². The highest BCUT2D eigenvalue weighted by molar-refractivity contribution is 5.84. The Morgan fingerprint density at radius 1 is 1.25 bits per heavy atom. The van der Waals surface area contributed by atoms with E-state index in [1.54, 1.807) is 27.9 Å². The van der Waals surface area contributed by atoms with Gasteiger partial charge in [0, 0.05) is 18.8 Å². The monoisotopic (exact) mass is 387 g/mol. The third-order valence-corrected chi connectivity index (χ3v) is 4.68. The van der Waals surface area contributed by atoms with Crippen molar-refractivity contribution in [1.29, 1.82) is 0 Å². The van der Waals surface area contributed by atoms with Gasteiger partial charge in [-0.25, -0.2) is 4.79 Å². The molecular weight excluding hydrogens is 362 g/mol. The number of carbonyl (C=O) groups is 2. The van der Waals surface area contributed by atoms with Crippen molar-refractivity contribution in [2.24, 2.45) is 0 Å². The molecule has 0 saturated carbocycles. The number of anilines is 1. The van der Waals surface area contributed by atoms with Gasteiger partial charge in [-0.15, -0.1) is 5.10 Å². The fourth-order valence-electron chi connectivity index (χ4n) is 3.21. The van der Waals surface area contributed by atoms with Crippen LogP contribution in [0.25, 0.3) is 0 Å². The van der Waals surface area contributed by atoms with Gasteiger partial charge in [0.15, 0.2) is 0 Å². The van der Waals surface area contributed by atoms with Crippen LogP contribution in [0.3, 0.4) is 0 Å². The molecule has 1 aromatic carbocycles. The molecule has 10 heteroatoms. The van der Waals surface area contributed by atoms with E-state index in [0.717, 1.165) is 18.4 Å². The topological polar surface area (TPSA) is 138 Å². The molecule has 0 spiro atoms. The summed E-state index contributed by atoms with van der Waals surface area (Å²) < 4.78 is 1.63. The second-order valence-corrected chi connectivity index (χ2v) is 6.75. The second-order valence-electron chi connectivity index (χ2n) is 6.75. The number of aromatic nitrogens is 3. The van der Waals surface area contributed by atoms with Crippen LogP contribution in [0.2, 0.25) is 0 Å². The summed E-state index contributed by atoms with van der Waals surface area (Å²) in [6.45, 7) is 1.29. The molecule has 0 radical (unpaired) electrons. The molecule has 1 saturated heterocycles. The number of carbonyl (C=O) groups excluding carboxylic acids is 2. The molecule has 1 aromatic heterocycles. The highest BCUT2D eigenvalue weighted by Crippen LogP contribution is 2.18. The van der Waals surface area contributed by atoms with E-state index < -0.39 is 6.03 Å². The summed E-state index contributed by atoms with van der Waals surface area (Å²) in [6, 6.07) is 6.81. The van der Waals surface area contributed by atoms with Gasteiger partial charge in [-0.3, -0.25) is 9.48 Å². The lowest BCUT2D eigenvalue weighted by Crippen LogP contribution is -2.46. The van der Waals surface area contributed by atoms with Gasteiger partial charge >= 0.3 is 6.03 Å². The van der Waals surface area contributed by atoms with Gasteiger partial charge < -0.3 is 26.4 Å². The van der Waals surface area contributed by atoms with Gasteiger partial charge in [-0.05, 0) is 30.5 Å². The van der Waals surface area contributed by atoms with Crippen molar-refractivity contribution >= 4 is 17.6 Å². The number of nitrogens with one attached hydrogen (secondary N) is 2. The number of aliphatic hydroxyl groups excluding tert-OH is 1. The van der Waals surface area contributed by atoms with Crippen LogP contribution in [0, 0.1) is 0 Å². The van der Waals surface area contributed by atoms with Crippen molar-refractivity contribution in [3.05, 3.63) is 41.7 Å². The van der Waals surface area contributed by atoms with E-state index in [4.69, 9.17) is 10.8 Å². The third-order valence-electron chi connectivity index (χ3n) is 4.68. The van der Waals surface area contributed by atoms with Gasteiger partial charge in [-0.1, -0.05) is 17.3 Å². The van der Waals surface area contributed by atoms with Crippen LogP contribution in [0.5, 0.6) is 0 Å². The molecule has 28 heavy (non-hydrogen) atoms. The molecule has 1 aliphatic rings. The van der Waals surface area contributed by atoms with E-state index in [2.05, 4.69) is 20.9 Å². The van der Waals surface area contributed by atoms with Crippen LogP contribution in [0.15, 0.2) is 30.5 Å². The van der Waals surface area contributed by atoms with Crippen LogP contribution >= 0.6 is 0 Å². The Balaban J connectivity index is 1.43. The van der Waals surface area contributed by atoms with Crippen LogP contribution in [0.4, 0.5) is 10.5 Å². The maximum absolute atomic E-state index is 12.5. The van der Waals surface area contributed by atoms with Crippen LogP contribution < -0.4 is 16.4 Å². The standard InChI is InChI=1S/C18H25N7O3/c19-14-5-3-13(4-6-14)8-20-18(28)21-9-17(27)25-7-1-2-16(25)11-24-10-15(12-26)22-23-24/h3-6,10,16,26H,1-2,7-9,11-12,19H2,(H2,20,21,28). The number of urea groups is 1. The summed E-state index contributed by atoms with van der Waals surface area (Å²) in [5.41, 5.74) is 7.71. The Morgan fingerprint density at radius 3 is 2.75 bits per heavy atom. The first kappa shape index (κ1) is 19.6. The minimum Gasteiger partial charge on any atom is -0.399 e. The van der Waals surface area contributed by atoms with E-state index in [1.807, 2.05) is 12.1 Å². The maximum Gasteiger partial charge on any atom is 0.315 e. The molecule has 3 rings (SSSR count). The Morgan fingerprint density at radius 2 is 2.04 bits per heavy atom. The first-order chi connectivity index (χ1) is 13.5. The summed E-state index contributed by atoms with van der Waals surface area (Å²) in [5.74, 6) is -0.132. The van der Waals surface area contributed by atoms with E-state index >= 15 is 0 Å². The summed E-state index contributed by atoms with van der Waals surface area (Å²) in [6.07, 6.45) is 3.44. The Labute approximate surface area is 162 Å². The molecule has 1 atom stereocenters. The van der Waals surface area contributed by atoms with E-state index in [9.17, 15) is 9.59 Å². The zero-order valence-electron chi connectivity index (χ0n) is 15.5. The molecule has 2 heterocycles. The highest BCUT2D eigenvalue weighted by atomic mass is 16.3. The molecule has 10 nitrogen and oxygen atoms in total. The zero-order chi connectivity index (χ0) is 19.9. The summed E-state index contributed by atoms with van der Waals surface area (Å²) in [7, 11) is 0. The lowest BCUT2D eigenvalue weighted by Gasteiger charge is -2.24. The minimum atomic E-state index is -0.398. The normalized spacial score (nSPS) is 16.2. The third kappa shape index (κ3) is 5.19. The molecule has 1 unspecified atom stereocenters. The largest absolute Gasteiger partial charge is 0.399 e. The molecule has 2 aromatic rings. The average molecular weight is 387 g/mol. The zero-order valence-corrected chi connectivity index (χ0v) is 15.5. The number of nitrogen functional groups attached to an aromatic ring is 1. The van der Waals surface area contributed by atoms with Gasteiger partial charge in [0.25, 0.3) is 0 Å². The van der Waals surface area contributed by atoms with Crippen LogP contribution in [-0.2, 0) is 24.5 Å². The van der Waals surface area contributed by atoms with Crippen molar-refractivity contribution in [3.63, 3.8) is 0 Å². The molecule has 0 aliphatic carbocycles. The highest BCUT2D eigenvalue weighted by Gasteiger charge is 2.29. The van der Waals surface area contributed by atoms with Crippen molar-refractivity contribution < 1.29 is 14.7 Å². The number of hydrogen-bond donors (Lipinski definition) is 4. The Bertz CT molecular complexity index is 806. The van der Waals surface area contributed by atoms with Crippen molar-refractivity contribution in [1.82, 2.24) is 30.5 Å². The van der Waals surface area contributed by atoms with Crippen molar-refractivity contribution in [2.75, 3.05) is 18.8 Å². The van der Waals surface area contributed by atoms with E-state index in [-0.39, 0.29) is 25.1 Å². The fraction of sp³-hybridized carbons (Fsp3) is 0.444. The van der Waals surface area contributed by atoms with Gasteiger partial charge in [0.05, 0.1) is 31.9 Å². The quantitative estimate of drug-likeness (QED) is 0.487. The number of nitrogens with two attached hydrogens (primary N) is 1. The summed E-state index contributed by atoms with van der Waals surface area (Å²) >= 11 is 0. The van der Waals surface area contributed by atoms with Crippen LogP contribution in [0.1, 0.15) is 24.1 Å². The van der Waals surface area contributed by atoms with Crippen molar-refractivity contribution in [2.45, 2.75) is 38.6 Å². The number of likely N-dealkylation sites (tertiary alicyclic amines) is 1. The minimum absolute atomic E-state index is 0.000353. The fourth-order valence-corrected chi connectivity index (χ4v) is 3.21. The summed E-state index contributed by atoms with van der Waals surface area (Å²) in [4.78, 5) is 26.2. The Kier molecular flexibility index (Phi) is 6.43. The molecule has 1 aliphatic heterocycles. The van der Waals surface area contributed by atoms with E-state index in [0.29, 0.717) is 31.0 Å². The molecule has 5 N–H and O–H groups in total. The predicted octanol–water partition coefficient (Wildman–Crippen LogP) is -0.157. The number of nitrogens with zero attached hydrogens (tertiary/aromatic N) is 4. The summed E-state index contributed by atoms with van der Waals surface area (Å²) in [5, 5.41) is 22.2. The number of aliphatic hydroxyl groups is 1. The molecule has 1 fully saturated rings. The number of benzene rings is 1. The second kappa shape index (κ2) is 9.18.